The monoisotopic (exact) mass is 371 g/mol. The molecule has 0 saturated carbocycles. The molecule has 1 aromatic heterocycles. The van der Waals surface area contributed by atoms with Crippen LogP contribution in [0.4, 0.5) is 5.88 Å². The van der Waals surface area contributed by atoms with E-state index < -0.39 is 0 Å². The molecule has 2 fully saturated rings. The summed E-state index contributed by atoms with van der Waals surface area (Å²) in [6.45, 7) is 1.44. The topological polar surface area (TPSA) is 83.4 Å². The van der Waals surface area contributed by atoms with E-state index in [-0.39, 0.29) is 17.9 Å². The summed E-state index contributed by atoms with van der Waals surface area (Å²) in [5, 5.41) is 9.96. The highest BCUT2D eigenvalue weighted by atomic mass is 32.2. The Bertz CT molecular complexity index is 818. The Kier molecular flexibility index (Phi) is 4.74. The molecule has 26 heavy (non-hydrogen) atoms. The minimum absolute atomic E-state index is 0.0214. The van der Waals surface area contributed by atoms with Crippen molar-refractivity contribution in [2.45, 2.75) is 54.3 Å². The molecule has 136 valence electrons. The average Bonchev–Trinajstić information content (AvgIpc) is 3.32. The molecule has 2 amide bonds. The number of hydrogen-bond acceptors (Lipinski definition) is 5. The van der Waals surface area contributed by atoms with Crippen molar-refractivity contribution in [3.63, 3.8) is 0 Å². The Hall–Kier alpha value is -2.25. The molecule has 0 spiro atoms. The van der Waals surface area contributed by atoms with Crippen LogP contribution in [0.1, 0.15) is 36.5 Å². The van der Waals surface area contributed by atoms with Gasteiger partial charge in [0.25, 0.3) is 5.91 Å². The molecule has 2 aliphatic rings. The van der Waals surface area contributed by atoms with Crippen LogP contribution in [0.2, 0.25) is 0 Å². The lowest BCUT2D eigenvalue weighted by atomic mass is 9.95. The summed E-state index contributed by atoms with van der Waals surface area (Å²) in [6, 6.07) is 12.2. The first-order valence-electron chi connectivity index (χ1n) is 8.79. The van der Waals surface area contributed by atoms with Crippen LogP contribution < -0.4 is 16.0 Å². The molecule has 3 N–H and O–H groups in total. The van der Waals surface area contributed by atoms with Crippen molar-refractivity contribution >= 4 is 29.5 Å². The predicted molar refractivity (Wildman–Crippen MR) is 99.4 cm³/mol. The van der Waals surface area contributed by atoms with Crippen LogP contribution in [0.15, 0.2) is 50.8 Å². The number of carbonyl (C=O) groups is 2. The molecule has 4 rings (SSSR count). The van der Waals surface area contributed by atoms with E-state index in [0.29, 0.717) is 28.6 Å². The first kappa shape index (κ1) is 17.2. The third-order valence-electron chi connectivity index (χ3n) is 4.83. The summed E-state index contributed by atoms with van der Waals surface area (Å²) in [6.07, 6.45) is 3.40. The lowest BCUT2D eigenvalue weighted by Crippen LogP contribution is -2.42. The van der Waals surface area contributed by atoms with Crippen LogP contribution >= 0.6 is 11.8 Å². The van der Waals surface area contributed by atoms with Gasteiger partial charge in [-0.2, -0.15) is 0 Å². The second-order valence-corrected chi connectivity index (χ2v) is 7.87. The zero-order valence-corrected chi connectivity index (χ0v) is 15.3. The number of nitrogens with one attached hydrogen (secondary N) is 3. The number of amides is 2. The van der Waals surface area contributed by atoms with Gasteiger partial charge in [0.15, 0.2) is 5.09 Å². The van der Waals surface area contributed by atoms with Gasteiger partial charge in [-0.05, 0) is 49.6 Å². The molecule has 0 aliphatic carbocycles. The molecule has 3 heterocycles. The van der Waals surface area contributed by atoms with E-state index in [4.69, 9.17) is 4.42 Å². The quantitative estimate of drug-likeness (QED) is 0.752. The summed E-state index contributed by atoms with van der Waals surface area (Å²) >= 11 is 1.44. The van der Waals surface area contributed by atoms with Crippen molar-refractivity contribution in [2.75, 3.05) is 5.32 Å². The van der Waals surface area contributed by atoms with Gasteiger partial charge in [0, 0.05) is 41.6 Å². The lowest BCUT2D eigenvalue weighted by molar-refractivity contribution is -0.114. The van der Waals surface area contributed by atoms with Crippen LogP contribution in [0, 0.1) is 0 Å². The number of benzene rings is 1. The van der Waals surface area contributed by atoms with Crippen molar-refractivity contribution in [1.29, 1.82) is 0 Å². The van der Waals surface area contributed by atoms with Crippen LogP contribution in [-0.2, 0) is 4.79 Å². The van der Waals surface area contributed by atoms with Crippen molar-refractivity contribution in [1.82, 2.24) is 10.6 Å². The second-order valence-electron chi connectivity index (χ2n) is 6.79. The number of furan rings is 1. The van der Waals surface area contributed by atoms with E-state index in [0.717, 1.165) is 17.7 Å². The lowest BCUT2D eigenvalue weighted by Gasteiger charge is -2.21. The van der Waals surface area contributed by atoms with Gasteiger partial charge in [-0.3, -0.25) is 14.9 Å². The van der Waals surface area contributed by atoms with Crippen LogP contribution in [0.5, 0.6) is 0 Å². The minimum Gasteiger partial charge on any atom is -0.434 e. The van der Waals surface area contributed by atoms with Gasteiger partial charge in [0.1, 0.15) is 0 Å². The highest BCUT2D eigenvalue weighted by Gasteiger charge is 2.39. The predicted octanol–water partition coefficient (Wildman–Crippen LogP) is 3.01. The fourth-order valence-corrected chi connectivity index (χ4v) is 4.41. The third kappa shape index (κ3) is 3.78. The summed E-state index contributed by atoms with van der Waals surface area (Å²) in [5.74, 6) is 0.235. The summed E-state index contributed by atoms with van der Waals surface area (Å²) in [4.78, 5) is 24.4. The van der Waals surface area contributed by atoms with E-state index >= 15 is 0 Å². The van der Waals surface area contributed by atoms with E-state index in [1.54, 1.807) is 12.1 Å². The van der Waals surface area contributed by atoms with Crippen LogP contribution in [0.25, 0.3) is 0 Å². The van der Waals surface area contributed by atoms with Crippen molar-refractivity contribution < 1.29 is 14.0 Å². The van der Waals surface area contributed by atoms with Gasteiger partial charge in [0.05, 0.1) is 0 Å². The maximum Gasteiger partial charge on any atom is 0.251 e. The van der Waals surface area contributed by atoms with Crippen LogP contribution in [-0.4, -0.2) is 29.9 Å². The standard InChI is InChI=1S/C19H21N3O3S/c1-11(23)20-17-8-9-18(25-17)26-14-5-2-12(3-6-14)19(24)22-16-10-13-4-7-15(16)21-13/h2-3,5-6,8-9,13,15-16,21H,4,7,10H2,1H3,(H,20,23)(H,22,24). The average molecular weight is 371 g/mol. The molecule has 0 radical (unpaired) electrons. The fourth-order valence-electron chi connectivity index (χ4n) is 3.64. The van der Waals surface area contributed by atoms with Gasteiger partial charge >= 0.3 is 0 Å². The zero-order chi connectivity index (χ0) is 18.1. The number of hydrogen-bond donors (Lipinski definition) is 3. The maximum atomic E-state index is 12.4. The Morgan fingerprint density at radius 1 is 1.15 bits per heavy atom. The molecule has 3 atom stereocenters. The third-order valence-corrected chi connectivity index (χ3v) is 5.76. The highest BCUT2D eigenvalue weighted by Crippen LogP contribution is 2.31. The van der Waals surface area contributed by atoms with Crippen molar-refractivity contribution in [3.05, 3.63) is 42.0 Å². The first-order chi connectivity index (χ1) is 12.6. The van der Waals surface area contributed by atoms with Gasteiger partial charge in [0.2, 0.25) is 11.8 Å². The molecule has 3 unspecified atom stereocenters. The smallest absolute Gasteiger partial charge is 0.251 e. The molecular weight excluding hydrogens is 350 g/mol. The minimum atomic E-state index is -0.169. The van der Waals surface area contributed by atoms with Crippen molar-refractivity contribution in [2.24, 2.45) is 0 Å². The maximum absolute atomic E-state index is 12.4. The molecule has 1 aromatic carbocycles. The zero-order valence-electron chi connectivity index (χ0n) is 14.5. The van der Waals surface area contributed by atoms with Gasteiger partial charge in [-0.1, -0.05) is 11.8 Å². The first-order valence-corrected chi connectivity index (χ1v) is 9.61. The molecule has 7 heteroatoms. The SMILES string of the molecule is CC(=O)Nc1ccc(Sc2ccc(C(=O)NC3CC4CCC3N4)cc2)o1. The molecule has 2 aromatic rings. The number of carbonyl (C=O) groups excluding carboxylic acids is 2. The summed E-state index contributed by atoms with van der Waals surface area (Å²) in [7, 11) is 0. The van der Waals surface area contributed by atoms with Gasteiger partial charge in [-0.25, -0.2) is 0 Å². The Labute approximate surface area is 156 Å². The molecule has 6 nitrogen and oxygen atoms in total. The number of rotatable bonds is 5. The second kappa shape index (κ2) is 7.17. The van der Waals surface area contributed by atoms with E-state index in [2.05, 4.69) is 16.0 Å². The number of fused-ring (bicyclic) bond motifs is 2. The van der Waals surface area contributed by atoms with E-state index in [1.165, 1.54) is 25.1 Å². The molecule has 2 saturated heterocycles. The summed E-state index contributed by atoms with van der Waals surface area (Å²) < 4.78 is 5.54. The van der Waals surface area contributed by atoms with Gasteiger partial charge < -0.3 is 15.1 Å². The van der Waals surface area contributed by atoms with Crippen LogP contribution in [0.3, 0.4) is 0 Å². The molecular formula is C19H21N3O3S. The van der Waals surface area contributed by atoms with Gasteiger partial charge in [-0.15, -0.1) is 0 Å². The highest BCUT2D eigenvalue weighted by molar-refractivity contribution is 7.99. The number of anilines is 1. The fraction of sp³-hybridized carbons (Fsp3) is 0.368. The molecule has 2 bridgehead atoms. The Morgan fingerprint density at radius 2 is 1.96 bits per heavy atom. The Morgan fingerprint density at radius 3 is 2.62 bits per heavy atom. The van der Waals surface area contributed by atoms with E-state index in [9.17, 15) is 9.59 Å². The normalized spacial score (nSPS) is 23.8. The Balaban J connectivity index is 1.35. The van der Waals surface area contributed by atoms with Crippen molar-refractivity contribution in [3.8, 4) is 0 Å². The largest absolute Gasteiger partial charge is 0.434 e. The van der Waals surface area contributed by atoms with E-state index in [1.807, 2.05) is 24.3 Å². The molecule has 2 aliphatic heterocycles. The summed E-state index contributed by atoms with van der Waals surface area (Å²) in [5.41, 5.74) is 0.663.